The molecule has 0 aliphatic carbocycles. The number of pyridine rings is 1. The zero-order valence-corrected chi connectivity index (χ0v) is 17.5. The van der Waals surface area contributed by atoms with Gasteiger partial charge < -0.3 is 15.8 Å². The summed E-state index contributed by atoms with van der Waals surface area (Å²) in [4.78, 5) is 15.9. The van der Waals surface area contributed by atoms with Crippen molar-refractivity contribution in [2.75, 3.05) is 18.5 Å². The van der Waals surface area contributed by atoms with Crippen LogP contribution in [0.15, 0.2) is 42.7 Å². The Morgan fingerprint density at radius 1 is 1.12 bits per heavy atom. The number of hydrogen-bond donors (Lipinski definition) is 2. The fraction of sp³-hybridized carbons (Fsp3) is 0.318. The molecule has 0 bridgehead atoms. The fourth-order valence-electron chi connectivity index (χ4n) is 3.08. The van der Waals surface area contributed by atoms with Crippen molar-refractivity contribution in [2.45, 2.75) is 25.3 Å². The van der Waals surface area contributed by atoms with Crippen LogP contribution in [0.4, 0.5) is 18.9 Å². The molecule has 2 aromatic heterocycles. The average molecular weight is 447 g/mol. The number of nitrogens with zero attached hydrogens (tertiary/aromatic N) is 3. The Morgan fingerprint density at radius 3 is 2.56 bits per heavy atom. The molecule has 32 heavy (non-hydrogen) atoms. The number of hydrogen-bond acceptors (Lipinski definition) is 5. The van der Waals surface area contributed by atoms with Gasteiger partial charge in [0.2, 0.25) is 0 Å². The van der Waals surface area contributed by atoms with Crippen LogP contribution in [0.25, 0.3) is 11.3 Å². The third kappa shape index (κ3) is 6.14. The Labute approximate surface area is 183 Å². The van der Waals surface area contributed by atoms with Crippen LogP contribution < -0.4 is 11.1 Å². The monoisotopic (exact) mass is 447 g/mol. The molecule has 1 aliphatic rings. The molecule has 1 amide bonds. The molecule has 3 heterocycles. The molecule has 1 atom stereocenters. The van der Waals surface area contributed by atoms with E-state index >= 15 is 0 Å². The normalized spacial score (nSPS) is 16.0. The number of carbonyl (C=O) groups is 1. The topological polar surface area (TPSA) is 95.1 Å². The van der Waals surface area contributed by atoms with Crippen molar-refractivity contribution in [3.8, 4) is 11.3 Å². The predicted molar refractivity (Wildman–Crippen MR) is 113 cm³/mol. The summed E-state index contributed by atoms with van der Waals surface area (Å²) in [6, 6.07) is 5.60. The van der Waals surface area contributed by atoms with E-state index in [9.17, 15) is 18.0 Å². The summed E-state index contributed by atoms with van der Waals surface area (Å²) >= 11 is 0. The van der Waals surface area contributed by atoms with Crippen LogP contribution in [0.5, 0.6) is 0 Å². The Morgan fingerprint density at radius 2 is 1.88 bits per heavy atom. The molecule has 170 valence electrons. The van der Waals surface area contributed by atoms with Crippen LogP contribution in [0, 0.1) is 17.5 Å². The molecule has 10 heteroatoms. The largest absolute Gasteiger partial charge is 0.381 e. The minimum Gasteiger partial charge on any atom is -0.381 e. The van der Waals surface area contributed by atoms with Gasteiger partial charge in [-0.25, -0.2) is 18.2 Å². The highest BCUT2D eigenvalue weighted by Gasteiger charge is 2.19. The molecule has 0 saturated carbocycles. The lowest BCUT2D eigenvalue weighted by molar-refractivity contribution is 0.102. The Hall–Kier alpha value is -3.24. The van der Waals surface area contributed by atoms with Crippen LogP contribution in [0.2, 0.25) is 0 Å². The number of nitrogens with two attached hydrogens (primary N) is 1. The predicted octanol–water partition coefficient (Wildman–Crippen LogP) is 3.67. The van der Waals surface area contributed by atoms with Gasteiger partial charge in [0.25, 0.3) is 5.91 Å². The quantitative estimate of drug-likeness (QED) is 0.639. The number of amides is 1. The summed E-state index contributed by atoms with van der Waals surface area (Å²) in [5, 5.41) is 6.40. The molecule has 1 aromatic carbocycles. The van der Waals surface area contributed by atoms with E-state index in [1.165, 1.54) is 10.9 Å². The van der Waals surface area contributed by atoms with E-state index in [2.05, 4.69) is 15.4 Å². The van der Waals surface area contributed by atoms with E-state index in [-0.39, 0.29) is 5.69 Å². The van der Waals surface area contributed by atoms with Gasteiger partial charge >= 0.3 is 0 Å². The highest BCUT2D eigenvalue weighted by atomic mass is 19.1. The number of aromatic nitrogens is 3. The molecule has 3 aromatic rings. The first-order valence-electron chi connectivity index (χ1n) is 10.1. The third-order valence-corrected chi connectivity index (χ3v) is 4.74. The van der Waals surface area contributed by atoms with Crippen molar-refractivity contribution in [2.24, 2.45) is 12.8 Å². The smallest absolute Gasteiger partial charge is 0.274 e. The summed E-state index contributed by atoms with van der Waals surface area (Å²) in [6.07, 6.45) is 6.29. The molecular formula is C22H24F3N5O2. The molecular weight excluding hydrogens is 423 g/mol. The lowest BCUT2D eigenvalue weighted by Crippen LogP contribution is -2.19. The molecule has 4 rings (SSSR count). The number of anilines is 1. The molecule has 0 radical (unpaired) electrons. The van der Waals surface area contributed by atoms with Gasteiger partial charge in [0.1, 0.15) is 28.8 Å². The van der Waals surface area contributed by atoms with E-state index in [1.54, 1.807) is 13.2 Å². The molecule has 1 unspecified atom stereocenters. The van der Waals surface area contributed by atoms with Crippen molar-refractivity contribution >= 4 is 11.6 Å². The van der Waals surface area contributed by atoms with Gasteiger partial charge in [-0.2, -0.15) is 5.10 Å². The number of carbonyl (C=O) groups excluding carboxylic acids is 1. The van der Waals surface area contributed by atoms with Crippen LogP contribution in [0.3, 0.4) is 0 Å². The fourth-order valence-corrected chi connectivity index (χ4v) is 3.08. The minimum atomic E-state index is -0.966. The van der Waals surface area contributed by atoms with Crippen LogP contribution >= 0.6 is 0 Å². The SMILES string of the molecule is Cn1cc(NC(=O)c2ccc(F)c(-c3c(F)cccc3F)n2)cn1.NC1CCCOCC1. The first kappa shape index (κ1) is 23.4. The lowest BCUT2D eigenvalue weighted by Gasteiger charge is -2.08. The van der Waals surface area contributed by atoms with Gasteiger partial charge in [0.15, 0.2) is 0 Å². The zero-order chi connectivity index (χ0) is 23.1. The number of rotatable bonds is 3. The van der Waals surface area contributed by atoms with E-state index in [1.807, 2.05) is 0 Å². The minimum absolute atomic E-state index is 0.182. The van der Waals surface area contributed by atoms with Gasteiger partial charge in [-0.3, -0.25) is 9.48 Å². The first-order valence-corrected chi connectivity index (χ1v) is 10.1. The number of aryl methyl sites for hydroxylation is 1. The molecule has 0 spiro atoms. The Bertz CT molecular complexity index is 1050. The maximum absolute atomic E-state index is 14.0. The third-order valence-electron chi connectivity index (χ3n) is 4.74. The first-order chi connectivity index (χ1) is 15.3. The number of ether oxygens (including phenoxy) is 1. The maximum atomic E-state index is 14.0. The molecule has 7 nitrogen and oxygen atoms in total. The van der Waals surface area contributed by atoms with Crippen molar-refractivity contribution in [1.29, 1.82) is 0 Å². The van der Waals surface area contributed by atoms with Gasteiger partial charge in [-0.15, -0.1) is 0 Å². The van der Waals surface area contributed by atoms with Crippen LogP contribution in [0.1, 0.15) is 29.8 Å². The Kier molecular flexibility index (Phi) is 7.96. The molecule has 1 fully saturated rings. The second-order valence-corrected chi connectivity index (χ2v) is 7.28. The summed E-state index contributed by atoms with van der Waals surface area (Å²) in [7, 11) is 1.67. The van der Waals surface area contributed by atoms with Crippen LogP contribution in [-0.2, 0) is 11.8 Å². The summed E-state index contributed by atoms with van der Waals surface area (Å²) < 4.78 is 48.3. The second kappa shape index (κ2) is 10.9. The maximum Gasteiger partial charge on any atom is 0.274 e. The highest BCUT2D eigenvalue weighted by Crippen LogP contribution is 2.27. The number of halogens is 3. The van der Waals surface area contributed by atoms with Crippen molar-refractivity contribution < 1.29 is 22.7 Å². The van der Waals surface area contributed by atoms with Gasteiger partial charge in [0, 0.05) is 32.5 Å². The summed E-state index contributed by atoms with van der Waals surface area (Å²) in [5.41, 5.74) is 4.70. The summed E-state index contributed by atoms with van der Waals surface area (Å²) in [5.74, 6) is -3.52. The van der Waals surface area contributed by atoms with E-state index < -0.39 is 34.6 Å². The van der Waals surface area contributed by atoms with E-state index in [0.29, 0.717) is 11.7 Å². The molecule has 1 aliphatic heterocycles. The van der Waals surface area contributed by atoms with Gasteiger partial charge in [0.05, 0.1) is 17.4 Å². The lowest BCUT2D eigenvalue weighted by atomic mass is 10.1. The summed E-state index contributed by atoms with van der Waals surface area (Å²) in [6.45, 7) is 1.77. The Balaban J connectivity index is 0.000000305. The van der Waals surface area contributed by atoms with Crippen molar-refractivity contribution in [3.05, 3.63) is 65.9 Å². The zero-order valence-electron chi connectivity index (χ0n) is 17.5. The molecule has 1 saturated heterocycles. The van der Waals surface area contributed by atoms with Crippen LogP contribution in [-0.4, -0.2) is 39.9 Å². The van der Waals surface area contributed by atoms with Crippen molar-refractivity contribution in [3.63, 3.8) is 0 Å². The standard InChI is InChI=1S/C16H11F3N4O.C6H13NO/c1-23-8-9(7-20-23)21-16(24)13-6-5-12(19)15(22-13)14-10(17)3-2-4-11(14)18;7-6-2-1-4-8-5-3-6/h2-8H,1H3,(H,21,24);6H,1-5,7H2. The van der Waals surface area contributed by atoms with E-state index in [0.717, 1.165) is 62.8 Å². The van der Waals surface area contributed by atoms with Gasteiger partial charge in [-0.05, 0) is 43.5 Å². The van der Waals surface area contributed by atoms with Crippen molar-refractivity contribution in [1.82, 2.24) is 14.8 Å². The second-order valence-electron chi connectivity index (χ2n) is 7.28. The van der Waals surface area contributed by atoms with E-state index in [4.69, 9.17) is 10.5 Å². The molecule has 3 N–H and O–H groups in total. The number of nitrogens with one attached hydrogen (secondary N) is 1. The number of benzene rings is 1. The highest BCUT2D eigenvalue weighted by molar-refractivity contribution is 6.03. The van der Waals surface area contributed by atoms with Gasteiger partial charge in [-0.1, -0.05) is 6.07 Å². The average Bonchev–Trinajstić information content (AvgIpc) is 3.01.